The third-order valence-corrected chi connectivity index (χ3v) is 12.7. The van der Waals surface area contributed by atoms with E-state index in [9.17, 15) is 0 Å². The minimum absolute atomic E-state index is 0.123. The van der Waals surface area contributed by atoms with Gasteiger partial charge in [0.05, 0.1) is 26.4 Å². The summed E-state index contributed by atoms with van der Waals surface area (Å²) in [5, 5.41) is 0. The van der Waals surface area contributed by atoms with E-state index in [2.05, 4.69) is 166 Å². The van der Waals surface area contributed by atoms with Crippen molar-refractivity contribution >= 4 is 0 Å². The van der Waals surface area contributed by atoms with Crippen molar-refractivity contribution in [1.29, 1.82) is 0 Å². The van der Waals surface area contributed by atoms with Crippen LogP contribution in [0.25, 0.3) is 0 Å². The monoisotopic (exact) mass is 781 g/mol. The molecule has 0 bridgehead atoms. The molecule has 0 aromatic rings. The third kappa shape index (κ3) is 25.2. The van der Waals surface area contributed by atoms with Gasteiger partial charge in [0, 0.05) is 38.3 Å². The highest BCUT2D eigenvalue weighted by atomic mass is 16.5. The molecule has 6 atom stereocenters. The third-order valence-electron chi connectivity index (χ3n) is 12.7. The Morgan fingerprint density at radius 1 is 0.255 bits per heavy atom. The van der Waals surface area contributed by atoms with Crippen LogP contribution in [0.15, 0.2) is 0 Å². The molecule has 0 aromatic heterocycles. The molecular weight excluding hydrogens is 677 g/mol. The number of hydrogen-bond acceptors (Lipinski definition) is 4. The van der Waals surface area contributed by atoms with Crippen LogP contribution in [0.3, 0.4) is 0 Å². The summed E-state index contributed by atoms with van der Waals surface area (Å²) in [4.78, 5) is 0. The van der Waals surface area contributed by atoms with E-state index in [1.54, 1.807) is 0 Å². The van der Waals surface area contributed by atoms with E-state index < -0.39 is 0 Å². The van der Waals surface area contributed by atoms with Gasteiger partial charge < -0.3 is 18.9 Å². The summed E-state index contributed by atoms with van der Waals surface area (Å²) in [7, 11) is 0. The van der Waals surface area contributed by atoms with Gasteiger partial charge in [0.25, 0.3) is 0 Å². The average molecular weight is 781 g/mol. The molecule has 0 saturated heterocycles. The second-order valence-electron chi connectivity index (χ2n) is 27.0. The molecule has 0 saturated carbocycles. The van der Waals surface area contributed by atoms with E-state index >= 15 is 0 Å². The largest absolute Gasteiger partial charge is 0.381 e. The molecule has 0 heterocycles. The SMILES string of the molecule is CC(C)(C)CC(COCC(COCC(CCCC(COCC(COCC(CC(C)(C)C)C(C)(C)C)C(C)(C)C)C(C)(C)C)C(C)(C)C)C(C)(C)C)C(C)(C)C. The maximum atomic E-state index is 6.64. The molecule has 6 unspecified atom stereocenters. The molecule has 332 valence electrons. The van der Waals surface area contributed by atoms with Gasteiger partial charge in [-0.05, 0) is 92.7 Å². The Hall–Kier alpha value is -0.160. The molecule has 4 nitrogen and oxygen atoms in total. The zero-order valence-corrected chi connectivity index (χ0v) is 42.3. The van der Waals surface area contributed by atoms with E-state index in [4.69, 9.17) is 18.9 Å². The number of rotatable bonds is 22. The standard InChI is InChI=1S/C51H104O4/c1-44(2,3)28-40(48(13,14)15)32-54-36-42(50(19,20)21)34-52-30-38(46(7,8)9)26-25-27-39(47(10,11)12)31-53-35-43(51(22,23)24)37-55-33-41(49(16,17)18)29-45(4,5)6/h38-43H,25-37H2,1-24H3. The molecule has 55 heavy (non-hydrogen) atoms. The van der Waals surface area contributed by atoms with Crippen molar-refractivity contribution < 1.29 is 18.9 Å². The van der Waals surface area contributed by atoms with Gasteiger partial charge in [-0.1, -0.05) is 173 Å². The second-order valence-corrected chi connectivity index (χ2v) is 27.0. The molecule has 0 N–H and O–H groups in total. The van der Waals surface area contributed by atoms with E-state index in [0.717, 1.165) is 52.9 Å². The first-order chi connectivity index (χ1) is 24.3. The van der Waals surface area contributed by atoms with Gasteiger partial charge >= 0.3 is 0 Å². The van der Waals surface area contributed by atoms with Gasteiger partial charge in [0.15, 0.2) is 0 Å². The van der Waals surface area contributed by atoms with Gasteiger partial charge in [0.1, 0.15) is 0 Å². The van der Waals surface area contributed by atoms with Crippen LogP contribution in [0.1, 0.15) is 198 Å². The summed E-state index contributed by atoms with van der Waals surface area (Å²) in [6.45, 7) is 62.8. The van der Waals surface area contributed by atoms with Gasteiger partial charge in [-0.2, -0.15) is 0 Å². The van der Waals surface area contributed by atoms with Gasteiger partial charge in [-0.15, -0.1) is 0 Å². The fourth-order valence-electron chi connectivity index (χ4n) is 7.36. The van der Waals surface area contributed by atoms with E-state index in [1.807, 2.05) is 0 Å². The molecule has 0 aliphatic rings. The predicted molar refractivity (Wildman–Crippen MR) is 243 cm³/mol. The van der Waals surface area contributed by atoms with Crippen LogP contribution in [0.5, 0.6) is 0 Å². The fourth-order valence-corrected chi connectivity index (χ4v) is 7.36. The molecule has 0 spiro atoms. The van der Waals surface area contributed by atoms with Crippen molar-refractivity contribution in [3.8, 4) is 0 Å². The molecule has 0 aliphatic carbocycles. The minimum atomic E-state index is 0.123. The molecular formula is C51H104O4. The van der Waals surface area contributed by atoms with Crippen molar-refractivity contribution in [3.05, 3.63) is 0 Å². The Labute approximate surface area is 347 Å². The van der Waals surface area contributed by atoms with Crippen molar-refractivity contribution in [2.24, 2.45) is 78.8 Å². The van der Waals surface area contributed by atoms with Crippen LogP contribution in [-0.4, -0.2) is 52.9 Å². The average Bonchev–Trinajstić information content (AvgIpc) is 2.91. The van der Waals surface area contributed by atoms with Crippen molar-refractivity contribution in [1.82, 2.24) is 0 Å². The quantitative estimate of drug-likeness (QED) is 0.110. The number of ether oxygens (including phenoxy) is 4. The normalized spacial score (nSPS) is 17.9. The predicted octanol–water partition coefficient (Wildman–Crippen LogP) is 15.1. The molecule has 4 heteroatoms. The lowest BCUT2D eigenvalue weighted by Gasteiger charge is -2.37. The van der Waals surface area contributed by atoms with E-state index in [1.165, 1.54) is 32.1 Å². The van der Waals surface area contributed by atoms with Crippen molar-refractivity contribution in [2.75, 3.05) is 52.9 Å². The first-order valence-corrected chi connectivity index (χ1v) is 22.6. The summed E-state index contributed by atoms with van der Waals surface area (Å²) < 4.78 is 26.3. The van der Waals surface area contributed by atoms with Gasteiger partial charge in [-0.25, -0.2) is 0 Å². The van der Waals surface area contributed by atoms with E-state index in [-0.39, 0.29) is 32.5 Å². The highest BCUT2D eigenvalue weighted by Gasteiger charge is 2.34. The first-order valence-electron chi connectivity index (χ1n) is 22.6. The Balaban J connectivity index is 5.35. The lowest BCUT2D eigenvalue weighted by Crippen LogP contribution is -2.35. The number of hydrogen-bond donors (Lipinski definition) is 0. The van der Waals surface area contributed by atoms with Crippen LogP contribution in [0.2, 0.25) is 0 Å². The molecule has 0 amide bonds. The summed E-state index contributed by atoms with van der Waals surface area (Å²) in [6.07, 6.45) is 5.89. The highest BCUT2D eigenvalue weighted by molar-refractivity contribution is 4.83. The molecule has 0 aliphatic heterocycles. The van der Waals surface area contributed by atoms with Crippen LogP contribution < -0.4 is 0 Å². The molecule has 0 fully saturated rings. The summed E-state index contributed by atoms with van der Waals surface area (Å²) in [6, 6.07) is 0. The van der Waals surface area contributed by atoms with E-state index in [0.29, 0.717) is 46.3 Å². The van der Waals surface area contributed by atoms with Crippen LogP contribution in [0, 0.1) is 78.8 Å². The zero-order chi connectivity index (χ0) is 43.5. The lowest BCUT2D eigenvalue weighted by molar-refractivity contribution is -0.0450. The molecule has 0 rings (SSSR count). The Morgan fingerprint density at radius 3 is 0.618 bits per heavy atom. The topological polar surface area (TPSA) is 36.9 Å². The highest BCUT2D eigenvalue weighted by Crippen LogP contribution is 2.39. The fraction of sp³-hybridized carbons (Fsp3) is 1.00. The molecule has 0 radical (unpaired) electrons. The van der Waals surface area contributed by atoms with Gasteiger partial charge in [-0.3, -0.25) is 0 Å². The second kappa shape index (κ2) is 21.9. The summed E-state index contributed by atoms with van der Waals surface area (Å²) in [5.41, 5.74) is 1.66. The van der Waals surface area contributed by atoms with Crippen molar-refractivity contribution in [2.45, 2.75) is 198 Å². The Bertz CT molecular complexity index is 921. The molecule has 0 aromatic carbocycles. The summed E-state index contributed by atoms with van der Waals surface area (Å²) in [5.74, 6) is 2.79. The van der Waals surface area contributed by atoms with Crippen molar-refractivity contribution in [3.63, 3.8) is 0 Å². The first kappa shape index (κ1) is 54.8. The minimum Gasteiger partial charge on any atom is -0.381 e. The van der Waals surface area contributed by atoms with Gasteiger partial charge in [0.2, 0.25) is 0 Å². The zero-order valence-electron chi connectivity index (χ0n) is 42.3. The maximum Gasteiger partial charge on any atom is 0.0521 e. The Kier molecular flexibility index (Phi) is 21.8. The summed E-state index contributed by atoms with van der Waals surface area (Å²) >= 11 is 0. The van der Waals surface area contributed by atoms with Crippen LogP contribution in [0.4, 0.5) is 0 Å². The Morgan fingerprint density at radius 2 is 0.436 bits per heavy atom. The smallest absolute Gasteiger partial charge is 0.0521 e. The van der Waals surface area contributed by atoms with Crippen LogP contribution in [-0.2, 0) is 18.9 Å². The lowest BCUT2D eigenvalue weighted by atomic mass is 9.72. The van der Waals surface area contributed by atoms with Crippen LogP contribution >= 0.6 is 0 Å². The maximum absolute atomic E-state index is 6.64.